The number of primary amides is 1. The summed E-state index contributed by atoms with van der Waals surface area (Å²) in [6.07, 6.45) is -0.344. The van der Waals surface area contributed by atoms with Gasteiger partial charge < -0.3 is 15.0 Å². The highest BCUT2D eigenvalue weighted by Crippen LogP contribution is 2.24. The van der Waals surface area contributed by atoms with Crippen molar-refractivity contribution in [2.24, 2.45) is 5.73 Å². The number of carbonyl (C=O) groups is 1. The second kappa shape index (κ2) is 6.28. The largest absolute Gasteiger partial charge is 0.448 e. The van der Waals surface area contributed by atoms with Crippen molar-refractivity contribution in [3.05, 3.63) is 28.8 Å². The van der Waals surface area contributed by atoms with Gasteiger partial charge in [0.25, 0.3) is 0 Å². The molecular formula is C12H12Cl2FN3O2. The number of nitrogens with zero attached hydrogens (tertiary/aromatic N) is 2. The van der Waals surface area contributed by atoms with Crippen molar-refractivity contribution in [2.45, 2.75) is 13.0 Å². The van der Waals surface area contributed by atoms with Crippen molar-refractivity contribution in [1.29, 1.82) is 0 Å². The van der Waals surface area contributed by atoms with Gasteiger partial charge in [0, 0.05) is 18.4 Å². The second-order valence-electron chi connectivity index (χ2n) is 4.04. The number of carbonyl (C=O) groups excluding carboxylic acids is 1. The van der Waals surface area contributed by atoms with Crippen LogP contribution in [0.4, 0.5) is 9.18 Å². The third-order valence-corrected chi connectivity index (χ3v) is 3.23. The summed E-state index contributed by atoms with van der Waals surface area (Å²) in [6, 6.07) is 2.75. The van der Waals surface area contributed by atoms with E-state index < -0.39 is 11.9 Å². The summed E-state index contributed by atoms with van der Waals surface area (Å²) < 4.78 is 19.9. The lowest BCUT2D eigenvalue weighted by Crippen LogP contribution is -2.17. The number of nitrogens with two attached hydrogens (primary N) is 1. The Balaban J connectivity index is 2.39. The van der Waals surface area contributed by atoms with Crippen molar-refractivity contribution < 1.29 is 13.9 Å². The third kappa shape index (κ3) is 3.13. The van der Waals surface area contributed by atoms with Gasteiger partial charge in [-0.25, -0.2) is 14.2 Å². The molecule has 1 aromatic heterocycles. The molecule has 0 spiro atoms. The number of imidazole rings is 1. The van der Waals surface area contributed by atoms with Gasteiger partial charge in [0.2, 0.25) is 0 Å². The van der Waals surface area contributed by atoms with Gasteiger partial charge in [-0.3, -0.25) is 0 Å². The van der Waals surface area contributed by atoms with E-state index in [9.17, 15) is 9.18 Å². The van der Waals surface area contributed by atoms with Crippen molar-refractivity contribution in [3.63, 3.8) is 0 Å². The Morgan fingerprint density at radius 1 is 1.50 bits per heavy atom. The molecule has 5 nitrogen and oxygen atoms in total. The minimum absolute atomic E-state index is 0.00638. The Bertz CT molecular complexity index is 645. The van der Waals surface area contributed by atoms with Crippen LogP contribution in [0.25, 0.3) is 11.0 Å². The van der Waals surface area contributed by atoms with Gasteiger partial charge in [-0.2, -0.15) is 0 Å². The number of amides is 1. The van der Waals surface area contributed by atoms with E-state index in [1.807, 2.05) is 0 Å². The fourth-order valence-corrected chi connectivity index (χ4v) is 2.26. The number of halogens is 3. The van der Waals surface area contributed by atoms with Crippen LogP contribution in [0.15, 0.2) is 12.1 Å². The van der Waals surface area contributed by atoms with E-state index in [-0.39, 0.29) is 11.6 Å². The number of hydrogen-bond donors (Lipinski definition) is 1. The molecule has 2 aromatic rings. The van der Waals surface area contributed by atoms with Crippen molar-refractivity contribution in [3.8, 4) is 0 Å². The van der Waals surface area contributed by atoms with Crippen molar-refractivity contribution in [2.75, 3.05) is 12.5 Å². The quantitative estimate of drug-likeness (QED) is 0.861. The molecule has 1 heterocycles. The average Bonchev–Trinajstić information content (AvgIpc) is 2.68. The van der Waals surface area contributed by atoms with E-state index in [2.05, 4.69) is 4.98 Å². The van der Waals surface area contributed by atoms with E-state index >= 15 is 0 Å². The SMILES string of the molecule is NC(=O)OCCn1c(CCCl)nc2cc(F)c(Cl)cc21. The van der Waals surface area contributed by atoms with Gasteiger partial charge in [-0.1, -0.05) is 11.6 Å². The molecule has 0 bridgehead atoms. The van der Waals surface area contributed by atoms with Crippen LogP contribution in [0.5, 0.6) is 0 Å². The molecule has 2 rings (SSSR count). The minimum Gasteiger partial charge on any atom is -0.448 e. The summed E-state index contributed by atoms with van der Waals surface area (Å²) in [4.78, 5) is 14.9. The lowest BCUT2D eigenvalue weighted by Gasteiger charge is -2.08. The van der Waals surface area contributed by atoms with Crippen LogP contribution in [-0.4, -0.2) is 28.1 Å². The summed E-state index contributed by atoms with van der Waals surface area (Å²) in [5, 5.41) is 0.00638. The summed E-state index contributed by atoms with van der Waals surface area (Å²) in [6.45, 7) is 0.429. The Morgan fingerprint density at radius 3 is 2.90 bits per heavy atom. The molecule has 0 radical (unpaired) electrons. The minimum atomic E-state index is -0.850. The molecule has 8 heteroatoms. The van der Waals surface area contributed by atoms with Gasteiger partial charge >= 0.3 is 6.09 Å². The molecule has 1 aromatic carbocycles. The highest BCUT2D eigenvalue weighted by atomic mass is 35.5. The second-order valence-corrected chi connectivity index (χ2v) is 4.83. The monoisotopic (exact) mass is 319 g/mol. The summed E-state index contributed by atoms with van der Waals surface area (Å²) in [5.74, 6) is 0.510. The predicted molar refractivity (Wildman–Crippen MR) is 74.7 cm³/mol. The Labute approximate surface area is 124 Å². The molecule has 0 aliphatic heterocycles. The average molecular weight is 320 g/mol. The number of fused-ring (bicyclic) bond motifs is 1. The molecule has 20 heavy (non-hydrogen) atoms. The number of hydrogen-bond acceptors (Lipinski definition) is 3. The number of rotatable bonds is 5. The fraction of sp³-hybridized carbons (Fsp3) is 0.333. The lowest BCUT2D eigenvalue weighted by atomic mass is 10.3. The number of aromatic nitrogens is 2. The van der Waals surface area contributed by atoms with Crippen LogP contribution in [0.2, 0.25) is 5.02 Å². The number of aryl methyl sites for hydroxylation is 1. The Hall–Kier alpha value is -1.53. The maximum atomic E-state index is 13.4. The van der Waals surface area contributed by atoms with Crippen LogP contribution in [0.1, 0.15) is 5.82 Å². The van der Waals surface area contributed by atoms with Crippen LogP contribution >= 0.6 is 23.2 Å². The topological polar surface area (TPSA) is 70.1 Å². The first kappa shape index (κ1) is 14.9. The van der Waals surface area contributed by atoms with E-state index in [1.165, 1.54) is 12.1 Å². The van der Waals surface area contributed by atoms with Crippen molar-refractivity contribution >= 4 is 40.3 Å². The first-order chi connectivity index (χ1) is 9.52. The van der Waals surface area contributed by atoms with Gasteiger partial charge in [0.15, 0.2) is 0 Å². The molecule has 0 aliphatic carbocycles. The van der Waals surface area contributed by atoms with Gasteiger partial charge in [-0.15, -0.1) is 11.6 Å². The molecule has 0 fully saturated rings. The van der Waals surface area contributed by atoms with Crippen LogP contribution in [0, 0.1) is 5.82 Å². The zero-order valence-corrected chi connectivity index (χ0v) is 11.9. The zero-order chi connectivity index (χ0) is 14.7. The first-order valence-corrected chi connectivity index (χ1v) is 6.76. The maximum Gasteiger partial charge on any atom is 0.404 e. The Morgan fingerprint density at radius 2 is 2.25 bits per heavy atom. The molecule has 108 valence electrons. The molecule has 0 saturated carbocycles. The third-order valence-electron chi connectivity index (χ3n) is 2.75. The highest BCUT2D eigenvalue weighted by Gasteiger charge is 2.13. The summed E-state index contributed by atoms with van der Waals surface area (Å²) in [7, 11) is 0. The van der Waals surface area contributed by atoms with Crippen LogP contribution in [0.3, 0.4) is 0 Å². The summed E-state index contributed by atoms with van der Waals surface area (Å²) in [5.41, 5.74) is 6.04. The smallest absolute Gasteiger partial charge is 0.404 e. The van der Waals surface area contributed by atoms with Gasteiger partial charge in [-0.05, 0) is 6.07 Å². The van der Waals surface area contributed by atoms with Crippen LogP contribution < -0.4 is 5.73 Å². The predicted octanol–water partition coefficient (Wildman–Crippen LogP) is 2.71. The van der Waals surface area contributed by atoms with E-state index in [4.69, 9.17) is 33.7 Å². The van der Waals surface area contributed by atoms with Crippen LogP contribution in [-0.2, 0) is 17.7 Å². The molecule has 0 aliphatic rings. The number of alkyl halides is 1. The van der Waals surface area contributed by atoms with E-state index in [1.54, 1.807) is 4.57 Å². The summed E-state index contributed by atoms with van der Waals surface area (Å²) >= 11 is 11.5. The zero-order valence-electron chi connectivity index (χ0n) is 10.4. The molecule has 2 N–H and O–H groups in total. The Kier molecular flexibility index (Phi) is 4.67. The number of benzene rings is 1. The molecule has 0 atom stereocenters. The molecular weight excluding hydrogens is 308 g/mol. The molecule has 0 unspecified atom stereocenters. The fourth-order valence-electron chi connectivity index (χ4n) is 1.93. The maximum absolute atomic E-state index is 13.4. The van der Waals surface area contributed by atoms with E-state index in [0.29, 0.717) is 35.7 Å². The first-order valence-electron chi connectivity index (χ1n) is 5.85. The highest BCUT2D eigenvalue weighted by molar-refractivity contribution is 6.31. The number of ether oxygens (including phenoxy) is 1. The standard InChI is InChI=1S/C12H12Cl2FN3O2/c13-2-1-11-17-9-6-8(15)7(14)5-10(9)18(11)3-4-20-12(16)19/h5-6H,1-4H2,(H2,16,19). The van der Waals surface area contributed by atoms with E-state index in [0.717, 1.165) is 0 Å². The van der Waals surface area contributed by atoms with Gasteiger partial charge in [0.05, 0.1) is 22.6 Å². The molecule has 0 saturated heterocycles. The molecule has 1 amide bonds. The lowest BCUT2D eigenvalue weighted by molar-refractivity contribution is 0.152. The van der Waals surface area contributed by atoms with Crippen molar-refractivity contribution in [1.82, 2.24) is 9.55 Å². The normalized spacial score (nSPS) is 10.9. The van der Waals surface area contributed by atoms with Gasteiger partial charge in [0.1, 0.15) is 18.2 Å².